The summed E-state index contributed by atoms with van der Waals surface area (Å²) in [5, 5.41) is 1.84. The Kier molecular flexibility index (Phi) is 2.31. The molecule has 0 aliphatic carbocycles. The molecule has 1 unspecified atom stereocenters. The molecule has 0 aromatic carbocycles. The predicted molar refractivity (Wildman–Crippen MR) is 51.8 cm³/mol. The summed E-state index contributed by atoms with van der Waals surface area (Å²) >= 11 is 1.33. The highest BCUT2D eigenvalue weighted by Gasteiger charge is 2.24. The third-order valence-corrected chi connectivity index (χ3v) is 2.93. The molecule has 1 aromatic rings. The monoisotopic (exact) mass is 196 g/mol. The maximum absolute atomic E-state index is 11.7. The van der Waals surface area contributed by atoms with Crippen LogP contribution in [0.2, 0.25) is 0 Å². The summed E-state index contributed by atoms with van der Waals surface area (Å²) < 4.78 is 4.04. The van der Waals surface area contributed by atoms with E-state index in [1.54, 1.807) is 6.07 Å². The fraction of sp³-hybridized carbons (Fsp3) is 0.556. The van der Waals surface area contributed by atoms with Gasteiger partial charge in [0.2, 0.25) is 0 Å². The fourth-order valence-corrected chi connectivity index (χ4v) is 2.11. The third kappa shape index (κ3) is 1.72. The lowest BCUT2D eigenvalue weighted by molar-refractivity contribution is 0.0783. The Morgan fingerprint density at radius 1 is 1.77 bits per heavy atom. The van der Waals surface area contributed by atoms with Crippen molar-refractivity contribution in [3.8, 4) is 0 Å². The number of likely N-dealkylation sites (tertiary alicyclic amines) is 1. The standard InChI is InChI=1S/C9H12N2OS/c1-7-2-4-11(6-7)9(12)8-3-5-13-10-8/h3,5,7H,2,4,6H2,1H3. The van der Waals surface area contributed by atoms with Crippen molar-refractivity contribution in [2.45, 2.75) is 13.3 Å². The van der Waals surface area contributed by atoms with E-state index >= 15 is 0 Å². The maximum Gasteiger partial charge on any atom is 0.273 e. The molecule has 1 fully saturated rings. The van der Waals surface area contributed by atoms with Gasteiger partial charge in [-0.15, -0.1) is 0 Å². The van der Waals surface area contributed by atoms with Crippen LogP contribution in [0.15, 0.2) is 11.4 Å². The number of hydrogen-bond donors (Lipinski definition) is 0. The Bertz CT molecular complexity index is 297. The van der Waals surface area contributed by atoms with Crippen LogP contribution in [-0.2, 0) is 0 Å². The minimum atomic E-state index is 0.0885. The van der Waals surface area contributed by atoms with E-state index in [0.29, 0.717) is 11.6 Å². The average Bonchev–Trinajstić information content (AvgIpc) is 2.72. The van der Waals surface area contributed by atoms with Crippen LogP contribution in [0.3, 0.4) is 0 Å². The molecule has 2 rings (SSSR count). The van der Waals surface area contributed by atoms with Gasteiger partial charge in [-0.05, 0) is 29.9 Å². The zero-order valence-corrected chi connectivity index (χ0v) is 8.38. The molecular formula is C9H12N2OS. The molecule has 1 amide bonds. The van der Waals surface area contributed by atoms with Crippen LogP contribution in [0.5, 0.6) is 0 Å². The van der Waals surface area contributed by atoms with Crippen LogP contribution in [0.25, 0.3) is 0 Å². The number of carbonyl (C=O) groups excluding carboxylic acids is 1. The van der Waals surface area contributed by atoms with Gasteiger partial charge in [0.05, 0.1) is 0 Å². The molecule has 1 atom stereocenters. The summed E-state index contributed by atoms with van der Waals surface area (Å²) in [5.74, 6) is 0.730. The number of hydrogen-bond acceptors (Lipinski definition) is 3. The van der Waals surface area contributed by atoms with Crippen LogP contribution in [0.1, 0.15) is 23.8 Å². The molecule has 0 saturated carbocycles. The van der Waals surface area contributed by atoms with Gasteiger partial charge in [0.15, 0.2) is 0 Å². The SMILES string of the molecule is CC1CCN(C(=O)c2ccsn2)C1. The first-order valence-electron chi connectivity index (χ1n) is 4.47. The minimum absolute atomic E-state index is 0.0885. The molecule has 0 bridgehead atoms. The minimum Gasteiger partial charge on any atom is -0.337 e. The number of rotatable bonds is 1. The van der Waals surface area contributed by atoms with Gasteiger partial charge < -0.3 is 4.90 Å². The Labute approximate surface area is 81.5 Å². The Hall–Kier alpha value is -0.900. The highest BCUT2D eigenvalue weighted by atomic mass is 32.1. The van der Waals surface area contributed by atoms with E-state index in [4.69, 9.17) is 0 Å². The van der Waals surface area contributed by atoms with E-state index < -0.39 is 0 Å². The topological polar surface area (TPSA) is 33.2 Å². The molecule has 0 spiro atoms. The van der Waals surface area contributed by atoms with Crippen molar-refractivity contribution in [1.82, 2.24) is 9.27 Å². The van der Waals surface area contributed by atoms with Gasteiger partial charge in [0.25, 0.3) is 5.91 Å². The van der Waals surface area contributed by atoms with Crippen molar-refractivity contribution in [3.63, 3.8) is 0 Å². The summed E-state index contributed by atoms with van der Waals surface area (Å²) in [4.78, 5) is 13.6. The second kappa shape index (κ2) is 3.46. The van der Waals surface area contributed by atoms with E-state index in [-0.39, 0.29) is 5.91 Å². The number of aromatic nitrogens is 1. The summed E-state index contributed by atoms with van der Waals surface area (Å²) in [5.41, 5.74) is 0.596. The van der Waals surface area contributed by atoms with E-state index in [1.807, 2.05) is 10.3 Å². The van der Waals surface area contributed by atoms with Gasteiger partial charge in [-0.3, -0.25) is 4.79 Å². The van der Waals surface area contributed by atoms with Crippen LogP contribution in [-0.4, -0.2) is 28.3 Å². The molecular weight excluding hydrogens is 184 g/mol. The van der Waals surface area contributed by atoms with E-state index in [2.05, 4.69) is 11.3 Å². The summed E-state index contributed by atoms with van der Waals surface area (Å²) in [6.07, 6.45) is 1.12. The lowest BCUT2D eigenvalue weighted by atomic mass is 10.2. The van der Waals surface area contributed by atoms with Crippen molar-refractivity contribution in [2.75, 3.05) is 13.1 Å². The molecule has 0 N–H and O–H groups in total. The molecule has 13 heavy (non-hydrogen) atoms. The smallest absolute Gasteiger partial charge is 0.273 e. The fourth-order valence-electron chi connectivity index (χ4n) is 1.60. The summed E-state index contributed by atoms with van der Waals surface area (Å²) in [7, 11) is 0. The van der Waals surface area contributed by atoms with Crippen LogP contribution >= 0.6 is 11.5 Å². The van der Waals surface area contributed by atoms with Crippen molar-refractivity contribution in [3.05, 3.63) is 17.1 Å². The molecule has 3 nitrogen and oxygen atoms in total. The van der Waals surface area contributed by atoms with E-state index in [0.717, 1.165) is 19.5 Å². The molecule has 2 heterocycles. The summed E-state index contributed by atoms with van der Waals surface area (Å²) in [6.45, 7) is 3.95. The van der Waals surface area contributed by atoms with Crippen molar-refractivity contribution in [1.29, 1.82) is 0 Å². The molecule has 1 aromatic heterocycles. The van der Waals surface area contributed by atoms with Gasteiger partial charge in [-0.1, -0.05) is 6.92 Å². The van der Waals surface area contributed by atoms with Gasteiger partial charge in [0.1, 0.15) is 5.69 Å². The van der Waals surface area contributed by atoms with Crippen LogP contribution < -0.4 is 0 Å². The third-order valence-electron chi connectivity index (χ3n) is 2.37. The molecule has 1 aliphatic rings. The number of carbonyl (C=O) groups is 1. The zero-order valence-electron chi connectivity index (χ0n) is 7.56. The largest absolute Gasteiger partial charge is 0.337 e. The van der Waals surface area contributed by atoms with Crippen molar-refractivity contribution >= 4 is 17.4 Å². The first-order chi connectivity index (χ1) is 6.27. The lowest BCUT2D eigenvalue weighted by Gasteiger charge is -2.13. The molecule has 70 valence electrons. The normalized spacial score (nSPS) is 22.2. The zero-order chi connectivity index (χ0) is 9.26. The molecule has 4 heteroatoms. The maximum atomic E-state index is 11.7. The first kappa shape index (κ1) is 8.69. The number of amides is 1. The highest BCUT2D eigenvalue weighted by molar-refractivity contribution is 7.03. The average molecular weight is 196 g/mol. The van der Waals surface area contributed by atoms with Gasteiger partial charge in [-0.25, -0.2) is 0 Å². The highest BCUT2D eigenvalue weighted by Crippen LogP contribution is 2.17. The Morgan fingerprint density at radius 3 is 3.15 bits per heavy atom. The Morgan fingerprint density at radius 2 is 2.62 bits per heavy atom. The second-order valence-corrected chi connectivity index (χ2v) is 4.20. The molecule has 1 saturated heterocycles. The second-order valence-electron chi connectivity index (χ2n) is 3.53. The molecule has 1 aliphatic heterocycles. The van der Waals surface area contributed by atoms with E-state index in [9.17, 15) is 4.79 Å². The van der Waals surface area contributed by atoms with Gasteiger partial charge in [-0.2, -0.15) is 4.37 Å². The summed E-state index contributed by atoms with van der Waals surface area (Å²) in [6, 6.07) is 1.79. The van der Waals surface area contributed by atoms with Crippen molar-refractivity contribution in [2.24, 2.45) is 5.92 Å². The van der Waals surface area contributed by atoms with Crippen LogP contribution in [0, 0.1) is 5.92 Å². The van der Waals surface area contributed by atoms with E-state index in [1.165, 1.54) is 11.5 Å². The van der Waals surface area contributed by atoms with Crippen LogP contribution in [0.4, 0.5) is 0 Å². The number of nitrogens with zero attached hydrogens (tertiary/aromatic N) is 2. The predicted octanol–water partition coefficient (Wildman–Crippen LogP) is 1.63. The quantitative estimate of drug-likeness (QED) is 0.684. The lowest BCUT2D eigenvalue weighted by Crippen LogP contribution is -2.28. The molecule has 0 radical (unpaired) electrons. The van der Waals surface area contributed by atoms with Gasteiger partial charge in [0, 0.05) is 18.5 Å². The Balaban J connectivity index is 2.06. The van der Waals surface area contributed by atoms with Gasteiger partial charge >= 0.3 is 0 Å². The first-order valence-corrected chi connectivity index (χ1v) is 5.30. The van der Waals surface area contributed by atoms with Crippen molar-refractivity contribution < 1.29 is 4.79 Å².